The molecule has 5 N–H and O–H groups in total. The van der Waals surface area contributed by atoms with E-state index in [1.165, 1.54) is 24.3 Å². The standard InChI is InChI=1S/C24H16O10/c25-12-3-1-9(5-14(12)27)11-7-18(30)33-17-8-16(29)20-21(31)22(32)23(34-24(20)19(11)17)10-2-4-13(26)15(28)6-10/h1-6,8,11,23,25-29H,7H2/t11-,23?/m0/s1. The molecule has 2 heterocycles. The van der Waals surface area contributed by atoms with Crippen LogP contribution in [0.5, 0.6) is 40.2 Å². The first-order valence-electron chi connectivity index (χ1n) is 10.0. The van der Waals surface area contributed by atoms with Crippen LogP contribution in [0.2, 0.25) is 0 Å². The van der Waals surface area contributed by atoms with Crippen LogP contribution in [0.1, 0.15) is 45.5 Å². The fourth-order valence-corrected chi connectivity index (χ4v) is 4.20. The third kappa shape index (κ3) is 3.15. The molecular formula is C24H16O10. The number of fused-ring (bicyclic) bond motifs is 3. The number of esters is 1. The van der Waals surface area contributed by atoms with E-state index in [1.807, 2.05) is 0 Å². The molecule has 0 spiro atoms. The summed E-state index contributed by atoms with van der Waals surface area (Å²) in [6.07, 6.45) is -1.73. The Bertz CT molecular complexity index is 1410. The van der Waals surface area contributed by atoms with Gasteiger partial charge in [0.05, 0.1) is 6.42 Å². The van der Waals surface area contributed by atoms with Gasteiger partial charge in [-0.05, 0) is 29.8 Å². The Morgan fingerprint density at radius 2 is 1.35 bits per heavy atom. The first kappa shape index (κ1) is 21.1. The van der Waals surface area contributed by atoms with E-state index in [0.717, 1.165) is 18.2 Å². The number of ether oxygens (including phenoxy) is 2. The molecule has 2 atom stereocenters. The van der Waals surface area contributed by atoms with E-state index in [0.29, 0.717) is 5.56 Å². The molecule has 2 aliphatic heterocycles. The molecule has 0 fully saturated rings. The number of ketones is 2. The van der Waals surface area contributed by atoms with Gasteiger partial charge in [0, 0.05) is 23.1 Å². The molecule has 3 aromatic rings. The van der Waals surface area contributed by atoms with Gasteiger partial charge in [-0.1, -0.05) is 12.1 Å². The molecule has 0 bridgehead atoms. The number of carbonyl (C=O) groups is 3. The monoisotopic (exact) mass is 464 g/mol. The Morgan fingerprint density at radius 3 is 2.00 bits per heavy atom. The summed E-state index contributed by atoms with van der Waals surface area (Å²) in [7, 11) is 0. The average molecular weight is 464 g/mol. The van der Waals surface area contributed by atoms with Crippen molar-refractivity contribution in [3.63, 3.8) is 0 Å². The van der Waals surface area contributed by atoms with Crippen molar-refractivity contribution < 1.29 is 49.4 Å². The van der Waals surface area contributed by atoms with Crippen LogP contribution in [0, 0.1) is 0 Å². The number of aromatic hydroxyl groups is 5. The number of hydrogen-bond acceptors (Lipinski definition) is 10. The van der Waals surface area contributed by atoms with Crippen molar-refractivity contribution in [3.8, 4) is 40.2 Å². The minimum atomic E-state index is -1.51. The predicted molar refractivity (Wildman–Crippen MR) is 112 cm³/mol. The van der Waals surface area contributed by atoms with Crippen LogP contribution in [-0.4, -0.2) is 43.1 Å². The maximum absolute atomic E-state index is 13.0. The van der Waals surface area contributed by atoms with Gasteiger partial charge < -0.3 is 35.0 Å². The normalized spacial score (nSPS) is 19.1. The van der Waals surface area contributed by atoms with E-state index in [9.17, 15) is 39.9 Å². The summed E-state index contributed by atoms with van der Waals surface area (Å²) in [6.45, 7) is 0. The fourth-order valence-electron chi connectivity index (χ4n) is 4.20. The topological polar surface area (TPSA) is 171 Å². The number of benzene rings is 3. The zero-order chi connectivity index (χ0) is 24.3. The molecule has 0 aromatic heterocycles. The van der Waals surface area contributed by atoms with E-state index in [-0.39, 0.29) is 34.8 Å². The highest BCUT2D eigenvalue weighted by molar-refractivity contribution is 6.47. The third-order valence-corrected chi connectivity index (χ3v) is 5.83. The van der Waals surface area contributed by atoms with Gasteiger partial charge in [-0.2, -0.15) is 0 Å². The second-order valence-electron chi connectivity index (χ2n) is 7.93. The third-order valence-electron chi connectivity index (χ3n) is 5.83. The lowest BCUT2D eigenvalue weighted by Crippen LogP contribution is -2.33. The Kier molecular flexibility index (Phi) is 4.60. The van der Waals surface area contributed by atoms with E-state index in [2.05, 4.69) is 0 Å². The molecule has 1 unspecified atom stereocenters. The number of Topliss-reactive ketones (excluding diaryl/α,β-unsaturated/α-hetero) is 2. The van der Waals surface area contributed by atoms with Crippen LogP contribution in [0.15, 0.2) is 42.5 Å². The van der Waals surface area contributed by atoms with Crippen LogP contribution in [0.4, 0.5) is 0 Å². The van der Waals surface area contributed by atoms with Gasteiger partial charge in [0.15, 0.2) is 29.1 Å². The zero-order valence-electron chi connectivity index (χ0n) is 17.2. The van der Waals surface area contributed by atoms with Gasteiger partial charge in [0.1, 0.15) is 22.8 Å². The summed E-state index contributed by atoms with van der Waals surface area (Å²) >= 11 is 0. The van der Waals surface area contributed by atoms with Crippen LogP contribution < -0.4 is 9.47 Å². The first-order chi connectivity index (χ1) is 16.2. The van der Waals surface area contributed by atoms with Crippen molar-refractivity contribution in [2.45, 2.75) is 18.4 Å². The molecule has 172 valence electrons. The molecular weight excluding hydrogens is 448 g/mol. The van der Waals surface area contributed by atoms with Crippen molar-refractivity contribution >= 4 is 17.5 Å². The maximum Gasteiger partial charge on any atom is 0.312 e. The molecule has 0 saturated carbocycles. The van der Waals surface area contributed by atoms with Gasteiger partial charge in [-0.25, -0.2) is 0 Å². The summed E-state index contributed by atoms with van der Waals surface area (Å²) in [5, 5.41) is 49.5. The lowest BCUT2D eigenvalue weighted by Gasteiger charge is -2.32. The van der Waals surface area contributed by atoms with Gasteiger partial charge in [-0.3, -0.25) is 14.4 Å². The summed E-state index contributed by atoms with van der Waals surface area (Å²) in [5.41, 5.74) is 0.233. The highest BCUT2D eigenvalue weighted by Gasteiger charge is 2.44. The predicted octanol–water partition coefficient (Wildman–Crippen LogP) is 2.54. The van der Waals surface area contributed by atoms with Gasteiger partial charge in [-0.15, -0.1) is 0 Å². The highest BCUT2D eigenvalue weighted by atomic mass is 16.5. The van der Waals surface area contributed by atoms with Crippen LogP contribution in [0.25, 0.3) is 0 Å². The van der Waals surface area contributed by atoms with Gasteiger partial charge in [0.25, 0.3) is 0 Å². The quantitative estimate of drug-likeness (QED) is 0.164. The maximum atomic E-state index is 13.0. The van der Waals surface area contributed by atoms with Crippen molar-refractivity contribution in [1.82, 2.24) is 0 Å². The first-order valence-corrected chi connectivity index (χ1v) is 10.0. The number of carbonyl (C=O) groups excluding carboxylic acids is 3. The Hall–Kier alpha value is -4.73. The van der Waals surface area contributed by atoms with E-state index in [1.54, 1.807) is 0 Å². The molecule has 34 heavy (non-hydrogen) atoms. The molecule has 0 saturated heterocycles. The van der Waals surface area contributed by atoms with E-state index >= 15 is 0 Å². The largest absolute Gasteiger partial charge is 0.507 e. The van der Waals surface area contributed by atoms with E-state index in [4.69, 9.17) is 9.47 Å². The van der Waals surface area contributed by atoms with Gasteiger partial charge >= 0.3 is 5.97 Å². The summed E-state index contributed by atoms with van der Waals surface area (Å²) < 4.78 is 11.2. The minimum absolute atomic E-state index is 0.0722. The van der Waals surface area contributed by atoms with Crippen molar-refractivity contribution in [3.05, 3.63) is 64.7 Å². The second-order valence-corrected chi connectivity index (χ2v) is 7.93. The fraction of sp³-hybridized carbons (Fsp3) is 0.125. The number of rotatable bonds is 2. The molecule has 2 aliphatic rings. The van der Waals surface area contributed by atoms with Crippen LogP contribution in [0.3, 0.4) is 0 Å². The van der Waals surface area contributed by atoms with Crippen molar-refractivity contribution in [1.29, 1.82) is 0 Å². The smallest absolute Gasteiger partial charge is 0.312 e. The van der Waals surface area contributed by atoms with E-state index < -0.39 is 58.1 Å². The van der Waals surface area contributed by atoms with Crippen molar-refractivity contribution in [2.75, 3.05) is 0 Å². The molecule has 10 nitrogen and oxygen atoms in total. The molecule has 3 aromatic carbocycles. The molecule has 5 rings (SSSR count). The highest BCUT2D eigenvalue weighted by Crippen LogP contribution is 2.52. The Balaban J connectivity index is 1.71. The second kappa shape index (κ2) is 7.41. The molecule has 10 heteroatoms. The number of phenols is 5. The van der Waals surface area contributed by atoms with Crippen LogP contribution in [-0.2, 0) is 9.59 Å². The summed E-state index contributed by atoms with van der Waals surface area (Å²) in [5.74, 6) is -6.22. The zero-order valence-corrected chi connectivity index (χ0v) is 17.2. The lowest BCUT2D eigenvalue weighted by atomic mass is 9.82. The lowest BCUT2D eigenvalue weighted by molar-refractivity contribution is -0.135. The number of hydrogen-bond donors (Lipinski definition) is 5. The Labute approximate surface area is 190 Å². The van der Waals surface area contributed by atoms with Crippen LogP contribution >= 0.6 is 0 Å². The molecule has 0 amide bonds. The average Bonchev–Trinajstić information content (AvgIpc) is 2.78. The number of phenolic OH excluding ortho intramolecular Hbond substituents is 5. The molecule has 0 radical (unpaired) electrons. The SMILES string of the molecule is O=C1C[C@@H](c2ccc(O)c(O)c2)c2c(cc(O)c3c2OC(c2ccc(O)c(O)c2)C(=O)C3=O)O1. The minimum Gasteiger partial charge on any atom is -0.507 e. The Morgan fingerprint density at radius 1 is 0.735 bits per heavy atom. The molecule has 0 aliphatic carbocycles. The van der Waals surface area contributed by atoms with Crippen molar-refractivity contribution in [2.24, 2.45) is 0 Å². The summed E-state index contributed by atoms with van der Waals surface area (Å²) in [4.78, 5) is 38.1. The van der Waals surface area contributed by atoms with Gasteiger partial charge in [0.2, 0.25) is 11.6 Å². The summed E-state index contributed by atoms with van der Waals surface area (Å²) in [6, 6.07) is 8.47.